The third-order valence-electron chi connectivity index (χ3n) is 14.1. The number of rotatable bonds is 25. The molecule has 5 aromatic carbocycles. The second-order valence-corrected chi connectivity index (χ2v) is 45.6. The predicted molar refractivity (Wildman–Crippen MR) is 289 cm³/mol. The van der Waals surface area contributed by atoms with Gasteiger partial charge in [-0.25, -0.2) is 0 Å². The molecule has 0 atom stereocenters. The van der Waals surface area contributed by atoms with Gasteiger partial charge in [-0.05, 0) is 49.2 Å². The lowest BCUT2D eigenvalue weighted by atomic mass is 10.3. The van der Waals surface area contributed by atoms with E-state index < -0.39 is 48.1 Å². The van der Waals surface area contributed by atoms with Crippen molar-refractivity contribution in [3.8, 4) is 0 Å². The zero-order chi connectivity index (χ0) is 43.1. The van der Waals surface area contributed by atoms with Crippen molar-refractivity contribution in [2.75, 3.05) is 17.5 Å². The second-order valence-electron chi connectivity index (χ2n) is 20.0. The van der Waals surface area contributed by atoms with E-state index in [1.54, 1.807) is 5.19 Å². The van der Waals surface area contributed by atoms with Crippen LogP contribution in [0.2, 0.25) is 93.7 Å². The molecular weight excluding hydrogens is 825 g/mol. The van der Waals surface area contributed by atoms with Crippen LogP contribution in [0.1, 0.15) is 40.0 Å². The van der Waals surface area contributed by atoms with Crippen molar-refractivity contribution in [1.29, 1.82) is 0 Å². The molecule has 0 unspecified atom stereocenters. The van der Waals surface area contributed by atoms with Crippen LogP contribution in [0.15, 0.2) is 146 Å². The van der Waals surface area contributed by atoms with Crippen LogP contribution in [0.3, 0.4) is 0 Å². The van der Waals surface area contributed by atoms with Gasteiger partial charge in [0, 0.05) is 42.5 Å². The standard InChI is InChI=1S/C53H79NP2Si4/c1-10-57(4,5)40-25-43-60(44-26-41-58(6,7)11-2,45-27-42-59(8,9)12-3)53-38-36-48(37-39-53)54(46-55(49-28-17-13-18-29-49)50-30-19-14-20-31-50)47-56(51-32-21-15-22-33-51)52-34-23-16-24-35-52/h13-24,28-39H,10-12,25-27,40-47H2,1-9H3. The Morgan fingerprint density at radius 2 is 0.650 bits per heavy atom. The number of anilines is 1. The van der Waals surface area contributed by atoms with Crippen molar-refractivity contribution in [3.05, 3.63) is 146 Å². The number of hydrogen-bond donors (Lipinski definition) is 0. The molecule has 0 aliphatic rings. The predicted octanol–water partition coefficient (Wildman–Crippen LogP) is 14.7. The lowest BCUT2D eigenvalue weighted by Crippen LogP contribution is -2.48. The van der Waals surface area contributed by atoms with Crippen LogP contribution in [0.5, 0.6) is 0 Å². The summed E-state index contributed by atoms with van der Waals surface area (Å²) in [6, 6.07) is 69.1. The fraction of sp³-hybridized carbons (Fsp3) is 0.434. The Kier molecular flexibility index (Phi) is 18.9. The van der Waals surface area contributed by atoms with E-state index >= 15 is 0 Å². The van der Waals surface area contributed by atoms with Gasteiger partial charge in [-0.2, -0.15) is 0 Å². The van der Waals surface area contributed by atoms with Crippen LogP contribution >= 0.6 is 15.8 Å². The van der Waals surface area contributed by atoms with Crippen molar-refractivity contribution < 1.29 is 0 Å². The molecule has 5 rings (SSSR count). The zero-order valence-electron chi connectivity index (χ0n) is 39.1. The molecule has 0 N–H and O–H groups in total. The summed E-state index contributed by atoms with van der Waals surface area (Å²) in [6.45, 7) is 23.2. The quantitative estimate of drug-likeness (QED) is 0.0417. The minimum absolute atomic E-state index is 0.619. The third-order valence-corrected chi connectivity index (χ3v) is 35.4. The zero-order valence-corrected chi connectivity index (χ0v) is 44.9. The molecular formula is C53H79NP2Si4. The van der Waals surface area contributed by atoms with Gasteiger partial charge in [-0.1, -0.05) is 272 Å². The lowest BCUT2D eigenvalue weighted by molar-refractivity contribution is 0.908. The van der Waals surface area contributed by atoms with Gasteiger partial charge in [-0.3, -0.25) is 0 Å². The number of hydrogen-bond acceptors (Lipinski definition) is 1. The largest absolute Gasteiger partial charge is 0.362 e. The third kappa shape index (κ3) is 14.6. The monoisotopic (exact) mass is 903 g/mol. The van der Waals surface area contributed by atoms with Gasteiger partial charge < -0.3 is 4.90 Å². The molecule has 0 aromatic heterocycles. The molecule has 5 aromatic rings. The molecule has 7 heteroatoms. The minimum Gasteiger partial charge on any atom is -0.362 e. The summed E-state index contributed by atoms with van der Waals surface area (Å²) in [7, 11) is -6.46. The van der Waals surface area contributed by atoms with Crippen molar-refractivity contribution in [1.82, 2.24) is 0 Å². The molecule has 0 aliphatic carbocycles. The van der Waals surface area contributed by atoms with Gasteiger partial charge in [0.2, 0.25) is 0 Å². The van der Waals surface area contributed by atoms with Gasteiger partial charge in [0.05, 0.1) is 8.07 Å². The smallest absolute Gasteiger partial charge is 0.0866 e. The van der Waals surface area contributed by atoms with Crippen LogP contribution in [-0.4, -0.2) is 44.9 Å². The first-order valence-corrected chi connectivity index (χ1v) is 39.3. The fourth-order valence-corrected chi connectivity index (χ4v) is 24.0. The molecule has 0 spiro atoms. The summed E-state index contributed by atoms with van der Waals surface area (Å²) < 4.78 is 0. The maximum absolute atomic E-state index is 2.80. The van der Waals surface area contributed by atoms with Crippen molar-refractivity contribution in [2.24, 2.45) is 0 Å². The van der Waals surface area contributed by atoms with Crippen LogP contribution < -0.4 is 31.3 Å². The first kappa shape index (κ1) is 48.7. The van der Waals surface area contributed by atoms with E-state index in [0.717, 1.165) is 12.6 Å². The first-order chi connectivity index (χ1) is 28.8. The summed E-state index contributed by atoms with van der Waals surface area (Å²) in [5.74, 6) is 0. The Labute approximate surface area is 374 Å². The SMILES string of the molecule is CC[Si](C)(C)CCC[Si](CCC[Si](C)(C)CC)(CCC[Si](C)(C)CC)c1ccc(N(CP(c2ccccc2)c2ccccc2)CP(c2ccccc2)c2ccccc2)cc1. The van der Waals surface area contributed by atoms with Crippen LogP contribution in [0.4, 0.5) is 5.69 Å². The van der Waals surface area contributed by atoms with E-state index in [1.165, 1.54) is 101 Å². The lowest BCUT2D eigenvalue weighted by Gasteiger charge is -2.37. The molecule has 0 bridgehead atoms. The summed E-state index contributed by atoms with van der Waals surface area (Å²) >= 11 is 0. The Morgan fingerprint density at radius 1 is 0.367 bits per heavy atom. The van der Waals surface area contributed by atoms with Gasteiger partial charge in [0.15, 0.2) is 0 Å². The maximum Gasteiger partial charge on any atom is 0.0866 e. The van der Waals surface area contributed by atoms with E-state index in [0.29, 0.717) is 0 Å². The molecule has 322 valence electrons. The van der Waals surface area contributed by atoms with Gasteiger partial charge in [-0.15, -0.1) is 0 Å². The molecule has 0 radical (unpaired) electrons. The summed E-state index contributed by atoms with van der Waals surface area (Å²) in [5.41, 5.74) is 1.39. The normalized spacial score (nSPS) is 12.7. The Morgan fingerprint density at radius 3 is 0.917 bits per heavy atom. The summed E-state index contributed by atoms with van der Waals surface area (Å²) in [6.07, 6.45) is 6.30. The van der Waals surface area contributed by atoms with Crippen molar-refractivity contribution in [3.63, 3.8) is 0 Å². The van der Waals surface area contributed by atoms with Crippen molar-refractivity contribution >= 4 is 80.2 Å². The maximum atomic E-state index is 2.80. The highest BCUT2D eigenvalue weighted by Gasteiger charge is 2.36. The van der Waals surface area contributed by atoms with Gasteiger partial charge in [0.25, 0.3) is 0 Å². The highest BCUT2D eigenvalue weighted by molar-refractivity contribution is 7.74. The number of benzene rings is 5. The van der Waals surface area contributed by atoms with E-state index in [9.17, 15) is 0 Å². The average molecular weight is 905 g/mol. The molecule has 0 saturated heterocycles. The topological polar surface area (TPSA) is 3.24 Å². The molecule has 0 fully saturated rings. The van der Waals surface area contributed by atoms with E-state index in [-0.39, 0.29) is 0 Å². The van der Waals surface area contributed by atoms with E-state index in [1.807, 2.05) is 0 Å². The molecule has 0 saturated carbocycles. The molecule has 60 heavy (non-hydrogen) atoms. The van der Waals surface area contributed by atoms with E-state index in [2.05, 4.69) is 211 Å². The molecule has 0 aliphatic heterocycles. The molecule has 1 nitrogen and oxygen atoms in total. The second kappa shape index (κ2) is 23.4. The Balaban J connectivity index is 1.60. The highest BCUT2D eigenvalue weighted by atomic mass is 31.1. The fourth-order valence-electron chi connectivity index (χ4n) is 8.69. The summed E-state index contributed by atoms with van der Waals surface area (Å²) in [5, 5.41) is 7.56. The molecule has 0 heterocycles. The number of nitrogens with zero attached hydrogens (tertiary/aromatic N) is 1. The van der Waals surface area contributed by atoms with Gasteiger partial charge in [0.1, 0.15) is 0 Å². The average Bonchev–Trinajstić information content (AvgIpc) is 3.27. The van der Waals surface area contributed by atoms with E-state index in [4.69, 9.17) is 0 Å². The highest BCUT2D eigenvalue weighted by Crippen LogP contribution is 2.42. The van der Waals surface area contributed by atoms with Crippen LogP contribution in [-0.2, 0) is 0 Å². The Bertz CT molecular complexity index is 1720. The van der Waals surface area contributed by atoms with Gasteiger partial charge >= 0.3 is 0 Å². The van der Waals surface area contributed by atoms with Crippen LogP contribution in [0, 0.1) is 0 Å². The minimum atomic E-state index is -1.79. The summed E-state index contributed by atoms with van der Waals surface area (Å²) in [4.78, 5) is 2.80. The molecule has 0 amide bonds. The van der Waals surface area contributed by atoms with Crippen LogP contribution in [0.25, 0.3) is 0 Å². The first-order valence-electron chi connectivity index (χ1n) is 23.4. The van der Waals surface area contributed by atoms with Crippen molar-refractivity contribution in [2.45, 2.75) is 134 Å². The Hall–Kier alpha value is -2.37.